The highest BCUT2D eigenvalue weighted by atomic mass is 127. The summed E-state index contributed by atoms with van der Waals surface area (Å²) < 4.78 is 15.4. The maximum Gasteiger partial charge on any atom is 0.256 e. The zero-order chi connectivity index (χ0) is 14.0. The molecular formula is C13H7Br2FINO. The highest BCUT2D eigenvalue weighted by molar-refractivity contribution is 14.1. The maximum absolute atomic E-state index is 13.4. The first-order valence-electron chi connectivity index (χ1n) is 5.19. The second-order valence-electron chi connectivity index (χ2n) is 3.71. The number of hydrogen-bond acceptors (Lipinski definition) is 1. The van der Waals surface area contributed by atoms with Crippen LogP contribution in [0.2, 0.25) is 0 Å². The van der Waals surface area contributed by atoms with Crippen molar-refractivity contribution in [3.05, 3.63) is 60.3 Å². The van der Waals surface area contributed by atoms with Gasteiger partial charge < -0.3 is 5.32 Å². The second-order valence-corrected chi connectivity index (χ2v) is 6.66. The summed E-state index contributed by atoms with van der Waals surface area (Å²) in [5, 5.41) is 2.66. The summed E-state index contributed by atoms with van der Waals surface area (Å²) in [4.78, 5) is 12.1. The van der Waals surface area contributed by atoms with Gasteiger partial charge in [0, 0.05) is 13.7 Å². The topological polar surface area (TPSA) is 29.1 Å². The number of nitrogens with one attached hydrogen (secondary N) is 1. The van der Waals surface area contributed by atoms with Crippen LogP contribution < -0.4 is 5.32 Å². The quantitative estimate of drug-likeness (QED) is 0.566. The van der Waals surface area contributed by atoms with E-state index >= 15 is 0 Å². The Labute approximate surface area is 140 Å². The van der Waals surface area contributed by atoms with Crippen molar-refractivity contribution in [2.24, 2.45) is 0 Å². The first-order chi connectivity index (χ1) is 8.97. The molecule has 1 N–H and O–H groups in total. The van der Waals surface area contributed by atoms with Crippen molar-refractivity contribution in [1.82, 2.24) is 0 Å². The first-order valence-corrected chi connectivity index (χ1v) is 7.85. The number of hydrogen-bond donors (Lipinski definition) is 1. The van der Waals surface area contributed by atoms with Crippen molar-refractivity contribution in [2.75, 3.05) is 5.32 Å². The van der Waals surface area contributed by atoms with E-state index in [1.54, 1.807) is 24.3 Å². The minimum Gasteiger partial charge on any atom is -0.322 e. The maximum atomic E-state index is 13.4. The van der Waals surface area contributed by atoms with E-state index in [9.17, 15) is 9.18 Å². The molecule has 2 nitrogen and oxygen atoms in total. The standard InChI is InChI=1S/C13H7Br2FINO/c14-10-3-1-7(17)5-9(10)13(19)18-8-2-4-11(15)12(16)6-8/h1-6H,(H,18,19). The van der Waals surface area contributed by atoms with Crippen LogP contribution in [0.15, 0.2) is 45.3 Å². The lowest BCUT2D eigenvalue weighted by molar-refractivity contribution is 0.102. The van der Waals surface area contributed by atoms with Gasteiger partial charge in [0.2, 0.25) is 0 Å². The molecule has 0 bridgehead atoms. The lowest BCUT2D eigenvalue weighted by Crippen LogP contribution is -2.13. The van der Waals surface area contributed by atoms with Crippen molar-refractivity contribution in [3.8, 4) is 0 Å². The van der Waals surface area contributed by atoms with Gasteiger partial charge in [-0.15, -0.1) is 0 Å². The van der Waals surface area contributed by atoms with Crippen LogP contribution in [0.25, 0.3) is 0 Å². The summed E-state index contributed by atoms with van der Waals surface area (Å²) in [6.45, 7) is 0. The number of carbonyl (C=O) groups excluding carboxylic acids is 1. The van der Waals surface area contributed by atoms with Crippen LogP contribution in [-0.2, 0) is 0 Å². The average Bonchev–Trinajstić information content (AvgIpc) is 2.36. The van der Waals surface area contributed by atoms with Crippen LogP contribution in [-0.4, -0.2) is 5.91 Å². The molecular weight excluding hydrogens is 492 g/mol. The Balaban J connectivity index is 2.25. The number of carbonyl (C=O) groups is 1. The summed E-state index contributed by atoms with van der Waals surface area (Å²) in [6.07, 6.45) is 0. The van der Waals surface area contributed by atoms with Crippen molar-refractivity contribution in [2.45, 2.75) is 0 Å². The van der Waals surface area contributed by atoms with E-state index in [0.29, 0.717) is 20.2 Å². The molecule has 19 heavy (non-hydrogen) atoms. The first kappa shape index (κ1) is 14.9. The molecule has 1 amide bonds. The molecule has 2 aromatic rings. The molecule has 0 aromatic heterocycles. The largest absolute Gasteiger partial charge is 0.322 e. The Morgan fingerprint density at radius 3 is 2.47 bits per heavy atom. The predicted molar refractivity (Wildman–Crippen MR) is 88.9 cm³/mol. The molecule has 0 atom stereocenters. The van der Waals surface area contributed by atoms with Crippen LogP contribution in [0.5, 0.6) is 0 Å². The minimum absolute atomic E-state index is 0.285. The second kappa shape index (κ2) is 6.32. The van der Waals surface area contributed by atoms with Crippen molar-refractivity contribution in [1.29, 1.82) is 0 Å². The molecule has 0 radical (unpaired) electrons. The highest BCUT2D eigenvalue weighted by Crippen LogP contribution is 2.23. The molecule has 0 aliphatic rings. The van der Waals surface area contributed by atoms with E-state index in [1.165, 1.54) is 6.07 Å². The van der Waals surface area contributed by atoms with Crippen LogP contribution in [0.1, 0.15) is 10.4 Å². The molecule has 2 rings (SSSR count). The van der Waals surface area contributed by atoms with Gasteiger partial charge in [-0.25, -0.2) is 4.39 Å². The summed E-state index contributed by atoms with van der Waals surface area (Å²) in [7, 11) is 0. The third kappa shape index (κ3) is 3.76. The predicted octanol–water partition coefficient (Wildman–Crippen LogP) is 5.21. The third-order valence-electron chi connectivity index (χ3n) is 2.35. The molecule has 98 valence electrons. The number of halogens is 4. The minimum atomic E-state index is -0.417. The Hall–Kier alpha value is -0.470. The van der Waals surface area contributed by atoms with E-state index < -0.39 is 5.82 Å². The van der Waals surface area contributed by atoms with Gasteiger partial charge in [0.25, 0.3) is 5.91 Å². The monoisotopic (exact) mass is 497 g/mol. The van der Waals surface area contributed by atoms with Gasteiger partial charge in [-0.05, 0) is 90.8 Å². The number of anilines is 1. The molecule has 0 saturated carbocycles. The van der Waals surface area contributed by atoms with Crippen LogP contribution >= 0.6 is 54.5 Å². The summed E-state index contributed by atoms with van der Waals surface area (Å²) >= 11 is 8.52. The van der Waals surface area contributed by atoms with Crippen molar-refractivity contribution in [3.63, 3.8) is 0 Å². The van der Waals surface area contributed by atoms with Crippen molar-refractivity contribution >= 4 is 66.0 Å². The SMILES string of the molecule is O=C(Nc1ccc(Br)c(F)c1)c1cc(I)ccc1Br. The number of rotatable bonds is 2. The molecule has 2 aromatic carbocycles. The van der Waals surface area contributed by atoms with Gasteiger partial charge in [-0.1, -0.05) is 0 Å². The number of benzene rings is 2. The lowest BCUT2D eigenvalue weighted by atomic mass is 10.2. The van der Waals surface area contributed by atoms with Crippen LogP contribution in [0.3, 0.4) is 0 Å². The van der Waals surface area contributed by atoms with Gasteiger partial charge in [0.05, 0.1) is 10.0 Å². The number of amides is 1. The van der Waals surface area contributed by atoms with Crippen LogP contribution in [0, 0.1) is 9.39 Å². The third-order valence-corrected chi connectivity index (χ3v) is 4.36. The van der Waals surface area contributed by atoms with E-state index in [2.05, 4.69) is 59.8 Å². The van der Waals surface area contributed by atoms with Gasteiger partial charge >= 0.3 is 0 Å². The van der Waals surface area contributed by atoms with Gasteiger partial charge in [-0.2, -0.15) is 0 Å². The fourth-order valence-electron chi connectivity index (χ4n) is 1.44. The Bertz CT molecular complexity index is 649. The van der Waals surface area contributed by atoms with Gasteiger partial charge in [0.15, 0.2) is 0 Å². The van der Waals surface area contributed by atoms with Gasteiger partial charge in [-0.3, -0.25) is 4.79 Å². The fourth-order valence-corrected chi connectivity index (χ4v) is 2.61. The zero-order valence-electron chi connectivity index (χ0n) is 9.38. The molecule has 0 spiro atoms. The van der Waals surface area contributed by atoms with Crippen LogP contribution in [0.4, 0.5) is 10.1 Å². The average molecular weight is 499 g/mol. The Kier molecular flexibility index (Phi) is 4.97. The lowest BCUT2D eigenvalue weighted by Gasteiger charge is -2.08. The Morgan fingerprint density at radius 2 is 1.79 bits per heavy atom. The molecule has 0 heterocycles. The van der Waals surface area contributed by atoms with E-state index in [-0.39, 0.29) is 5.91 Å². The summed E-state index contributed by atoms with van der Waals surface area (Å²) in [6, 6.07) is 9.90. The molecule has 0 aliphatic carbocycles. The summed E-state index contributed by atoms with van der Waals surface area (Å²) in [5.41, 5.74) is 0.923. The molecule has 0 saturated heterocycles. The smallest absolute Gasteiger partial charge is 0.256 e. The van der Waals surface area contributed by atoms with E-state index in [0.717, 1.165) is 3.57 Å². The summed E-state index contributed by atoms with van der Waals surface area (Å²) in [5.74, 6) is -0.702. The Morgan fingerprint density at radius 1 is 1.11 bits per heavy atom. The van der Waals surface area contributed by atoms with Crippen molar-refractivity contribution < 1.29 is 9.18 Å². The zero-order valence-corrected chi connectivity index (χ0v) is 14.7. The van der Waals surface area contributed by atoms with E-state index in [4.69, 9.17) is 0 Å². The van der Waals surface area contributed by atoms with Gasteiger partial charge in [0.1, 0.15) is 5.82 Å². The molecule has 0 aliphatic heterocycles. The molecule has 0 unspecified atom stereocenters. The van der Waals surface area contributed by atoms with E-state index in [1.807, 2.05) is 6.07 Å². The molecule has 6 heteroatoms. The fraction of sp³-hybridized carbons (Fsp3) is 0. The highest BCUT2D eigenvalue weighted by Gasteiger charge is 2.11. The molecule has 0 fully saturated rings. The normalized spacial score (nSPS) is 10.3.